The second kappa shape index (κ2) is 7.92. The standard InChI is InChI=1S/C17H18ClFN2O4S/c1-11(17(22)20-14-7-5-4-6-13(14)19)21(26(3,23)24)15-10-12(18)8-9-16(15)25-2/h4-11H,1-3H3,(H,20,22). The third kappa shape index (κ3) is 4.44. The van der Waals surface area contributed by atoms with Gasteiger partial charge in [-0.05, 0) is 37.3 Å². The second-order valence-corrected chi connectivity index (χ2v) is 7.82. The van der Waals surface area contributed by atoms with Crippen LogP contribution in [0.3, 0.4) is 0 Å². The van der Waals surface area contributed by atoms with Crippen molar-refractivity contribution in [2.24, 2.45) is 0 Å². The largest absolute Gasteiger partial charge is 0.495 e. The predicted octanol–water partition coefficient (Wildman–Crippen LogP) is 3.28. The first-order valence-corrected chi connectivity index (χ1v) is 9.76. The molecule has 1 amide bonds. The average molecular weight is 401 g/mol. The van der Waals surface area contributed by atoms with Crippen molar-refractivity contribution in [1.29, 1.82) is 0 Å². The summed E-state index contributed by atoms with van der Waals surface area (Å²) in [5.74, 6) is -1.10. The van der Waals surface area contributed by atoms with Crippen molar-refractivity contribution >= 4 is 38.9 Å². The second-order valence-electron chi connectivity index (χ2n) is 5.52. The van der Waals surface area contributed by atoms with Gasteiger partial charge < -0.3 is 10.1 Å². The highest BCUT2D eigenvalue weighted by atomic mass is 35.5. The minimum Gasteiger partial charge on any atom is -0.495 e. The van der Waals surface area contributed by atoms with E-state index in [0.29, 0.717) is 0 Å². The van der Waals surface area contributed by atoms with E-state index in [2.05, 4.69) is 5.32 Å². The van der Waals surface area contributed by atoms with Crippen molar-refractivity contribution in [3.8, 4) is 5.75 Å². The molecule has 0 bridgehead atoms. The van der Waals surface area contributed by atoms with Crippen LogP contribution >= 0.6 is 11.6 Å². The topological polar surface area (TPSA) is 75.7 Å². The van der Waals surface area contributed by atoms with Crippen LogP contribution in [-0.4, -0.2) is 33.7 Å². The number of hydrogen-bond donors (Lipinski definition) is 1. The number of sulfonamides is 1. The molecule has 2 aromatic rings. The first-order chi connectivity index (χ1) is 12.1. The maximum atomic E-state index is 13.8. The Bertz CT molecular complexity index is 921. The Kier molecular flexibility index (Phi) is 6.09. The molecular weight excluding hydrogens is 383 g/mol. The van der Waals surface area contributed by atoms with Gasteiger partial charge in [-0.2, -0.15) is 0 Å². The SMILES string of the molecule is COc1ccc(Cl)cc1N(C(C)C(=O)Nc1ccccc1F)S(C)(=O)=O. The summed E-state index contributed by atoms with van der Waals surface area (Å²) in [5.41, 5.74) is 0.0644. The molecule has 1 atom stereocenters. The zero-order chi connectivity index (χ0) is 19.5. The van der Waals surface area contributed by atoms with E-state index in [1.54, 1.807) is 6.07 Å². The van der Waals surface area contributed by atoms with Gasteiger partial charge in [-0.25, -0.2) is 12.8 Å². The van der Waals surface area contributed by atoms with Crippen LogP contribution < -0.4 is 14.4 Å². The van der Waals surface area contributed by atoms with Crippen LogP contribution in [-0.2, 0) is 14.8 Å². The van der Waals surface area contributed by atoms with Gasteiger partial charge in [0.1, 0.15) is 17.6 Å². The van der Waals surface area contributed by atoms with Gasteiger partial charge in [0, 0.05) is 5.02 Å². The van der Waals surface area contributed by atoms with Gasteiger partial charge >= 0.3 is 0 Å². The summed E-state index contributed by atoms with van der Waals surface area (Å²) in [6.07, 6.45) is 0.959. The van der Waals surface area contributed by atoms with Crippen molar-refractivity contribution in [3.05, 3.63) is 53.3 Å². The molecule has 0 saturated heterocycles. The third-order valence-corrected chi connectivity index (χ3v) is 5.06. The highest BCUT2D eigenvalue weighted by Gasteiger charge is 2.31. The number of amides is 1. The van der Waals surface area contributed by atoms with Gasteiger partial charge in [0.15, 0.2) is 0 Å². The lowest BCUT2D eigenvalue weighted by Crippen LogP contribution is -2.45. The minimum absolute atomic E-state index is 0.0455. The number of halogens is 2. The maximum Gasteiger partial charge on any atom is 0.248 e. The Hall–Kier alpha value is -2.32. The summed E-state index contributed by atoms with van der Waals surface area (Å²) in [7, 11) is -2.50. The van der Waals surface area contributed by atoms with E-state index in [-0.39, 0.29) is 22.1 Å². The van der Waals surface area contributed by atoms with Gasteiger partial charge in [-0.15, -0.1) is 0 Å². The molecule has 140 valence electrons. The highest BCUT2D eigenvalue weighted by Crippen LogP contribution is 2.34. The minimum atomic E-state index is -3.87. The molecule has 9 heteroatoms. The molecule has 0 aliphatic heterocycles. The maximum absolute atomic E-state index is 13.8. The van der Waals surface area contributed by atoms with Crippen LogP contribution in [0.25, 0.3) is 0 Å². The van der Waals surface area contributed by atoms with E-state index >= 15 is 0 Å². The Morgan fingerprint density at radius 3 is 2.50 bits per heavy atom. The normalized spacial score (nSPS) is 12.3. The van der Waals surface area contributed by atoms with Crippen molar-refractivity contribution in [2.45, 2.75) is 13.0 Å². The van der Waals surface area contributed by atoms with Crippen LogP contribution in [0, 0.1) is 5.82 Å². The monoisotopic (exact) mass is 400 g/mol. The number of anilines is 2. The Morgan fingerprint density at radius 2 is 1.92 bits per heavy atom. The van der Waals surface area contributed by atoms with Gasteiger partial charge in [-0.3, -0.25) is 9.10 Å². The summed E-state index contributed by atoms with van der Waals surface area (Å²) < 4.78 is 44.5. The molecule has 0 heterocycles. The van der Waals surface area contributed by atoms with Crippen LogP contribution in [0.2, 0.25) is 5.02 Å². The molecule has 0 radical (unpaired) electrons. The number of nitrogens with zero attached hydrogens (tertiary/aromatic N) is 1. The molecular formula is C17H18ClFN2O4S. The Morgan fingerprint density at radius 1 is 1.27 bits per heavy atom. The van der Waals surface area contributed by atoms with Crippen LogP contribution in [0.4, 0.5) is 15.8 Å². The number of nitrogens with one attached hydrogen (secondary N) is 1. The molecule has 26 heavy (non-hydrogen) atoms. The zero-order valence-electron chi connectivity index (χ0n) is 14.4. The predicted molar refractivity (Wildman–Crippen MR) is 99.8 cm³/mol. The first kappa shape index (κ1) is 20.0. The lowest BCUT2D eigenvalue weighted by molar-refractivity contribution is -0.116. The molecule has 1 unspecified atom stereocenters. The molecule has 0 spiro atoms. The lowest BCUT2D eigenvalue weighted by Gasteiger charge is -2.29. The highest BCUT2D eigenvalue weighted by molar-refractivity contribution is 7.92. The Balaban J connectivity index is 2.43. The van der Waals surface area contributed by atoms with Crippen molar-refractivity contribution < 1.29 is 22.3 Å². The summed E-state index contributed by atoms with van der Waals surface area (Å²) in [6.45, 7) is 1.39. The van der Waals surface area contributed by atoms with E-state index < -0.39 is 27.8 Å². The number of benzene rings is 2. The summed E-state index contributed by atoms with van der Waals surface area (Å²) in [5, 5.41) is 2.66. The van der Waals surface area contributed by atoms with E-state index in [1.807, 2.05) is 0 Å². The van der Waals surface area contributed by atoms with Crippen LogP contribution in [0.15, 0.2) is 42.5 Å². The quantitative estimate of drug-likeness (QED) is 0.807. The van der Waals surface area contributed by atoms with E-state index in [0.717, 1.165) is 10.6 Å². The van der Waals surface area contributed by atoms with Gasteiger partial charge in [0.05, 0.1) is 24.7 Å². The Labute approximate surface area is 156 Å². The van der Waals surface area contributed by atoms with Crippen molar-refractivity contribution in [2.75, 3.05) is 23.0 Å². The zero-order valence-corrected chi connectivity index (χ0v) is 15.9. The molecule has 2 aromatic carbocycles. The molecule has 0 aliphatic carbocycles. The summed E-state index contributed by atoms with van der Waals surface area (Å²) in [4.78, 5) is 12.6. The lowest BCUT2D eigenvalue weighted by atomic mass is 10.2. The van der Waals surface area contributed by atoms with Gasteiger partial charge in [0.2, 0.25) is 15.9 Å². The van der Waals surface area contributed by atoms with Crippen molar-refractivity contribution in [1.82, 2.24) is 0 Å². The third-order valence-electron chi connectivity index (χ3n) is 3.60. The fourth-order valence-corrected chi connectivity index (χ4v) is 3.75. The number of rotatable bonds is 6. The summed E-state index contributed by atoms with van der Waals surface area (Å²) >= 11 is 5.98. The molecule has 2 rings (SSSR count). The number of carbonyl (C=O) groups is 1. The smallest absolute Gasteiger partial charge is 0.248 e. The van der Waals surface area contributed by atoms with E-state index in [9.17, 15) is 17.6 Å². The fraction of sp³-hybridized carbons (Fsp3) is 0.235. The van der Waals surface area contributed by atoms with Gasteiger partial charge in [0.25, 0.3) is 0 Å². The number of hydrogen-bond acceptors (Lipinski definition) is 4. The average Bonchev–Trinajstić information content (AvgIpc) is 2.56. The molecule has 6 nitrogen and oxygen atoms in total. The van der Waals surface area contributed by atoms with E-state index in [4.69, 9.17) is 16.3 Å². The summed E-state index contributed by atoms with van der Waals surface area (Å²) in [6, 6.07) is 8.84. The van der Waals surface area contributed by atoms with Crippen molar-refractivity contribution in [3.63, 3.8) is 0 Å². The number of para-hydroxylation sites is 1. The van der Waals surface area contributed by atoms with Gasteiger partial charge in [-0.1, -0.05) is 23.7 Å². The molecule has 1 N–H and O–H groups in total. The molecule has 0 fully saturated rings. The van der Waals surface area contributed by atoms with Crippen LogP contribution in [0.1, 0.15) is 6.92 Å². The fourth-order valence-electron chi connectivity index (χ4n) is 2.42. The number of carbonyl (C=O) groups excluding carboxylic acids is 1. The number of ether oxygens (including phenoxy) is 1. The van der Waals surface area contributed by atoms with Crippen LogP contribution in [0.5, 0.6) is 5.75 Å². The molecule has 0 aromatic heterocycles. The first-order valence-electron chi connectivity index (χ1n) is 7.53. The molecule has 0 saturated carbocycles. The van der Waals surface area contributed by atoms with E-state index in [1.165, 1.54) is 50.4 Å². The molecule has 0 aliphatic rings. The number of methoxy groups -OCH3 is 1.